The molecule has 0 radical (unpaired) electrons. The molecule has 3 rings (SSSR count). The molecule has 108 valence electrons. The number of hydrogen-bond acceptors (Lipinski definition) is 5. The van der Waals surface area contributed by atoms with Crippen LogP contribution < -0.4 is 11.3 Å². The quantitative estimate of drug-likeness (QED) is 0.449. The van der Waals surface area contributed by atoms with Gasteiger partial charge in [0.25, 0.3) is 5.91 Å². The van der Waals surface area contributed by atoms with Gasteiger partial charge in [-0.3, -0.25) is 19.9 Å². The van der Waals surface area contributed by atoms with Crippen LogP contribution in [-0.4, -0.2) is 47.3 Å². The number of carbonyl (C=O) groups excluding carboxylic acids is 2. The molecule has 7 heteroatoms. The Morgan fingerprint density at radius 2 is 2.35 bits per heavy atom. The van der Waals surface area contributed by atoms with Crippen LogP contribution in [0, 0.1) is 0 Å². The number of hydrogen-bond donors (Lipinski definition) is 2. The van der Waals surface area contributed by atoms with E-state index in [1.54, 1.807) is 6.07 Å². The summed E-state index contributed by atoms with van der Waals surface area (Å²) in [5.74, 6) is 5.73. The van der Waals surface area contributed by atoms with Crippen molar-refractivity contribution in [1.82, 2.24) is 15.2 Å². The lowest BCUT2D eigenvalue weighted by Crippen LogP contribution is -2.50. The molecule has 2 saturated heterocycles. The molecule has 2 aliphatic heterocycles. The second-order valence-electron chi connectivity index (χ2n) is 5.29. The topological polar surface area (TPSA) is 91.8 Å². The summed E-state index contributed by atoms with van der Waals surface area (Å²) >= 11 is 0. The second-order valence-corrected chi connectivity index (χ2v) is 5.29. The standard InChI is InChI=1S/C13H18N4O3/c14-15-13(19)9-5-11(20-8-9)7-16-3-4-17-10(6-16)1-2-12(17)18/h5,8,10H,1-4,6-7,14H2,(H,15,19). The monoisotopic (exact) mass is 278 g/mol. The highest BCUT2D eigenvalue weighted by molar-refractivity contribution is 5.93. The highest BCUT2D eigenvalue weighted by Gasteiger charge is 2.35. The van der Waals surface area contributed by atoms with E-state index in [1.165, 1.54) is 6.26 Å². The lowest BCUT2D eigenvalue weighted by atomic mass is 10.1. The van der Waals surface area contributed by atoms with E-state index in [2.05, 4.69) is 10.3 Å². The van der Waals surface area contributed by atoms with Crippen molar-refractivity contribution in [2.24, 2.45) is 5.84 Å². The minimum Gasteiger partial charge on any atom is -0.467 e. The molecule has 0 aliphatic carbocycles. The lowest BCUT2D eigenvalue weighted by molar-refractivity contribution is -0.130. The van der Waals surface area contributed by atoms with Crippen molar-refractivity contribution in [3.05, 3.63) is 23.7 Å². The Bertz CT molecular complexity index is 527. The van der Waals surface area contributed by atoms with Crippen LogP contribution in [0.2, 0.25) is 0 Å². The maximum Gasteiger partial charge on any atom is 0.268 e. The first-order chi connectivity index (χ1) is 9.67. The van der Waals surface area contributed by atoms with Crippen molar-refractivity contribution in [1.29, 1.82) is 0 Å². The van der Waals surface area contributed by atoms with Crippen LogP contribution in [0.3, 0.4) is 0 Å². The Morgan fingerprint density at radius 3 is 3.15 bits per heavy atom. The van der Waals surface area contributed by atoms with Gasteiger partial charge in [-0.05, 0) is 12.5 Å². The number of fused-ring (bicyclic) bond motifs is 1. The van der Waals surface area contributed by atoms with Crippen molar-refractivity contribution in [2.75, 3.05) is 19.6 Å². The minimum absolute atomic E-state index is 0.273. The fourth-order valence-electron chi connectivity index (χ4n) is 2.96. The number of nitrogens with two attached hydrogens (primary N) is 1. The number of hydrazine groups is 1. The molecule has 0 bridgehead atoms. The molecule has 2 fully saturated rings. The number of nitrogen functional groups attached to an aromatic ring is 1. The van der Waals surface area contributed by atoms with Gasteiger partial charge in [0.15, 0.2) is 0 Å². The molecule has 20 heavy (non-hydrogen) atoms. The van der Waals surface area contributed by atoms with Gasteiger partial charge in [-0.15, -0.1) is 0 Å². The van der Waals surface area contributed by atoms with Gasteiger partial charge >= 0.3 is 0 Å². The van der Waals surface area contributed by atoms with E-state index in [4.69, 9.17) is 10.3 Å². The second kappa shape index (κ2) is 5.26. The molecular weight excluding hydrogens is 260 g/mol. The first-order valence-corrected chi connectivity index (χ1v) is 6.77. The van der Waals surface area contributed by atoms with Crippen LogP contribution >= 0.6 is 0 Å². The van der Waals surface area contributed by atoms with E-state index in [0.29, 0.717) is 24.6 Å². The van der Waals surface area contributed by atoms with E-state index >= 15 is 0 Å². The zero-order chi connectivity index (χ0) is 14.1. The highest BCUT2D eigenvalue weighted by Crippen LogP contribution is 2.24. The molecule has 0 spiro atoms. The van der Waals surface area contributed by atoms with Gasteiger partial charge in [-0.2, -0.15) is 0 Å². The van der Waals surface area contributed by atoms with Crippen LogP contribution in [0.15, 0.2) is 16.7 Å². The number of nitrogens with zero attached hydrogens (tertiary/aromatic N) is 2. The molecular formula is C13H18N4O3. The van der Waals surface area contributed by atoms with E-state index in [0.717, 1.165) is 31.8 Å². The van der Waals surface area contributed by atoms with Gasteiger partial charge in [0.2, 0.25) is 5.91 Å². The average Bonchev–Trinajstić information content (AvgIpc) is 3.06. The summed E-state index contributed by atoms with van der Waals surface area (Å²) in [5.41, 5.74) is 2.50. The number of piperazine rings is 1. The van der Waals surface area contributed by atoms with E-state index < -0.39 is 0 Å². The minimum atomic E-state index is -0.355. The zero-order valence-electron chi connectivity index (χ0n) is 11.2. The van der Waals surface area contributed by atoms with E-state index in [1.807, 2.05) is 4.90 Å². The third-order valence-corrected chi connectivity index (χ3v) is 4.01. The van der Waals surface area contributed by atoms with E-state index in [9.17, 15) is 9.59 Å². The van der Waals surface area contributed by atoms with Gasteiger partial charge < -0.3 is 9.32 Å². The molecule has 2 amide bonds. The molecule has 1 aromatic heterocycles. The third kappa shape index (κ3) is 2.41. The summed E-state index contributed by atoms with van der Waals surface area (Å²) in [6.07, 6.45) is 3.02. The summed E-state index contributed by atoms with van der Waals surface area (Å²) < 4.78 is 5.38. The van der Waals surface area contributed by atoms with Crippen molar-refractivity contribution < 1.29 is 14.0 Å². The SMILES string of the molecule is NNC(=O)c1coc(CN2CCN3C(=O)CCC3C2)c1. The van der Waals surface area contributed by atoms with Crippen molar-refractivity contribution in [3.63, 3.8) is 0 Å². The number of rotatable bonds is 3. The Morgan fingerprint density at radius 1 is 1.50 bits per heavy atom. The highest BCUT2D eigenvalue weighted by atomic mass is 16.3. The molecule has 3 heterocycles. The third-order valence-electron chi connectivity index (χ3n) is 4.01. The Labute approximate surface area is 116 Å². The predicted octanol–water partition coefficient (Wildman–Crippen LogP) is -0.310. The molecule has 1 atom stereocenters. The molecule has 1 unspecified atom stereocenters. The zero-order valence-corrected chi connectivity index (χ0v) is 11.2. The number of nitrogens with one attached hydrogen (secondary N) is 1. The largest absolute Gasteiger partial charge is 0.467 e. The Balaban J connectivity index is 1.60. The van der Waals surface area contributed by atoms with Gasteiger partial charge in [0.05, 0.1) is 12.1 Å². The maximum atomic E-state index is 11.6. The molecule has 1 aromatic rings. The van der Waals surface area contributed by atoms with Gasteiger partial charge in [0.1, 0.15) is 12.0 Å². The summed E-state index contributed by atoms with van der Waals surface area (Å²) in [5, 5.41) is 0. The fraction of sp³-hybridized carbons (Fsp3) is 0.538. The van der Waals surface area contributed by atoms with Gasteiger partial charge in [-0.1, -0.05) is 0 Å². The van der Waals surface area contributed by atoms with Crippen molar-refractivity contribution in [2.45, 2.75) is 25.4 Å². The van der Waals surface area contributed by atoms with Crippen LogP contribution in [0.5, 0.6) is 0 Å². The Hall–Kier alpha value is -1.86. The first-order valence-electron chi connectivity index (χ1n) is 6.77. The summed E-state index contributed by atoms with van der Waals surface area (Å²) in [6, 6.07) is 2.03. The van der Waals surface area contributed by atoms with Gasteiger partial charge in [-0.25, -0.2) is 5.84 Å². The van der Waals surface area contributed by atoms with Crippen molar-refractivity contribution in [3.8, 4) is 0 Å². The molecule has 2 aliphatic rings. The predicted molar refractivity (Wildman–Crippen MR) is 70.4 cm³/mol. The number of amides is 2. The van der Waals surface area contributed by atoms with Crippen LogP contribution in [0.25, 0.3) is 0 Å². The number of carbonyl (C=O) groups is 2. The van der Waals surface area contributed by atoms with Gasteiger partial charge in [0, 0.05) is 32.1 Å². The van der Waals surface area contributed by atoms with E-state index in [-0.39, 0.29) is 11.8 Å². The smallest absolute Gasteiger partial charge is 0.268 e. The lowest BCUT2D eigenvalue weighted by Gasteiger charge is -2.37. The number of furan rings is 1. The first kappa shape index (κ1) is 13.1. The molecule has 0 aromatic carbocycles. The van der Waals surface area contributed by atoms with Crippen LogP contribution in [0.1, 0.15) is 29.0 Å². The molecule has 0 saturated carbocycles. The molecule has 7 nitrogen and oxygen atoms in total. The summed E-state index contributed by atoms with van der Waals surface area (Å²) in [7, 11) is 0. The summed E-state index contributed by atoms with van der Waals surface area (Å²) in [6.45, 7) is 3.13. The summed E-state index contributed by atoms with van der Waals surface area (Å²) in [4.78, 5) is 27.2. The van der Waals surface area contributed by atoms with Crippen LogP contribution in [0.4, 0.5) is 0 Å². The van der Waals surface area contributed by atoms with Crippen LogP contribution in [-0.2, 0) is 11.3 Å². The van der Waals surface area contributed by atoms with Crippen molar-refractivity contribution >= 4 is 11.8 Å². The average molecular weight is 278 g/mol. The molecule has 3 N–H and O–H groups in total. The fourth-order valence-corrected chi connectivity index (χ4v) is 2.96. The maximum absolute atomic E-state index is 11.6. The normalized spacial score (nSPS) is 22.9. The Kier molecular flexibility index (Phi) is 3.45.